The van der Waals surface area contributed by atoms with Crippen molar-refractivity contribution in [3.63, 3.8) is 0 Å². The van der Waals surface area contributed by atoms with Crippen molar-refractivity contribution in [3.05, 3.63) is 24.0 Å². The minimum absolute atomic E-state index is 0.0875. The molecule has 2 rings (SSSR count). The highest BCUT2D eigenvalue weighted by molar-refractivity contribution is 5.83. The number of hydrogen-bond acceptors (Lipinski definition) is 3. The summed E-state index contributed by atoms with van der Waals surface area (Å²) in [6.45, 7) is 4.05. The van der Waals surface area contributed by atoms with Crippen molar-refractivity contribution in [2.45, 2.75) is 38.8 Å². The molecule has 0 heterocycles. The second-order valence-corrected chi connectivity index (χ2v) is 5.16. The quantitative estimate of drug-likeness (QED) is 0.740. The van der Waals surface area contributed by atoms with Gasteiger partial charge in [-0.1, -0.05) is 6.07 Å². The molecule has 104 valence electrons. The van der Waals surface area contributed by atoms with Crippen molar-refractivity contribution >= 4 is 17.3 Å². The van der Waals surface area contributed by atoms with Crippen molar-refractivity contribution < 1.29 is 9.18 Å². The molecular formula is C14H20FN3O. The Hall–Kier alpha value is -1.78. The second kappa shape index (κ2) is 5.91. The number of benzene rings is 1. The first-order valence-corrected chi connectivity index (χ1v) is 6.64. The first-order chi connectivity index (χ1) is 9.06. The maximum absolute atomic E-state index is 13.8. The molecule has 0 atom stereocenters. The number of amides is 1. The number of carbonyl (C=O) groups is 1. The van der Waals surface area contributed by atoms with E-state index in [0.717, 1.165) is 12.8 Å². The summed E-state index contributed by atoms with van der Waals surface area (Å²) in [5, 5.41) is 8.89. The van der Waals surface area contributed by atoms with Crippen LogP contribution in [0.4, 0.5) is 15.8 Å². The first-order valence-electron chi connectivity index (χ1n) is 6.64. The Labute approximate surface area is 112 Å². The molecule has 1 saturated carbocycles. The SMILES string of the molecule is CC(C)Nc1cccc(F)c1NCC(=O)NC1CC1. The molecule has 0 aromatic heterocycles. The van der Waals surface area contributed by atoms with Gasteiger partial charge in [0.2, 0.25) is 5.91 Å². The van der Waals surface area contributed by atoms with Gasteiger partial charge in [-0.05, 0) is 38.8 Å². The third kappa shape index (κ3) is 4.12. The molecule has 1 amide bonds. The third-order valence-corrected chi connectivity index (χ3v) is 2.83. The van der Waals surface area contributed by atoms with Crippen LogP contribution in [0.1, 0.15) is 26.7 Å². The number of anilines is 2. The molecule has 1 aliphatic carbocycles. The van der Waals surface area contributed by atoms with Gasteiger partial charge in [-0.25, -0.2) is 4.39 Å². The molecule has 5 heteroatoms. The van der Waals surface area contributed by atoms with Gasteiger partial charge in [0.1, 0.15) is 5.82 Å². The van der Waals surface area contributed by atoms with Gasteiger partial charge in [-0.15, -0.1) is 0 Å². The highest BCUT2D eigenvalue weighted by Gasteiger charge is 2.23. The standard InChI is InChI=1S/C14H20FN3O/c1-9(2)17-12-5-3-4-11(15)14(12)16-8-13(19)18-10-6-7-10/h3-5,9-10,16-17H,6-8H2,1-2H3,(H,18,19). The molecule has 4 nitrogen and oxygen atoms in total. The minimum Gasteiger partial charge on any atom is -0.381 e. The zero-order chi connectivity index (χ0) is 13.8. The van der Waals surface area contributed by atoms with Gasteiger partial charge in [0.05, 0.1) is 17.9 Å². The van der Waals surface area contributed by atoms with Gasteiger partial charge in [-0.2, -0.15) is 0 Å². The summed E-state index contributed by atoms with van der Waals surface area (Å²) in [5.41, 5.74) is 1.02. The second-order valence-electron chi connectivity index (χ2n) is 5.16. The van der Waals surface area contributed by atoms with E-state index in [1.807, 2.05) is 13.8 Å². The Morgan fingerprint density at radius 2 is 2.16 bits per heavy atom. The van der Waals surface area contributed by atoms with E-state index in [1.54, 1.807) is 12.1 Å². The Kier molecular flexibility index (Phi) is 4.24. The molecule has 0 aliphatic heterocycles. The molecule has 0 saturated heterocycles. The normalized spacial score (nSPS) is 14.3. The van der Waals surface area contributed by atoms with Gasteiger partial charge < -0.3 is 16.0 Å². The van der Waals surface area contributed by atoms with Crippen LogP contribution in [0, 0.1) is 5.82 Å². The number of para-hydroxylation sites is 1. The van der Waals surface area contributed by atoms with E-state index >= 15 is 0 Å². The molecule has 1 aromatic carbocycles. The fourth-order valence-corrected chi connectivity index (χ4v) is 1.81. The zero-order valence-electron chi connectivity index (χ0n) is 11.3. The molecule has 1 aliphatic rings. The third-order valence-electron chi connectivity index (χ3n) is 2.83. The summed E-state index contributed by atoms with van der Waals surface area (Å²) >= 11 is 0. The first kappa shape index (κ1) is 13.6. The van der Waals surface area contributed by atoms with Crippen LogP contribution in [-0.4, -0.2) is 24.5 Å². The lowest BCUT2D eigenvalue weighted by molar-refractivity contribution is -0.119. The van der Waals surface area contributed by atoms with E-state index in [-0.39, 0.29) is 24.3 Å². The summed E-state index contributed by atoms with van der Waals surface area (Å²) < 4.78 is 13.8. The highest BCUT2D eigenvalue weighted by Crippen LogP contribution is 2.25. The Bertz CT molecular complexity index is 458. The fraction of sp³-hybridized carbons (Fsp3) is 0.500. The number of halogens is 1. The molecule has 3 N–H and O–H groups in total. The summed E-state index contributed by atoms with van der Waals surface area (Å²) in [5.74, 6) is -0.453. The highest BCUT2D eigenvalue weighted by atomic mass is 19.1. The van der Waals surface area contributed by atoms with Crippen LogP contribution in [0.3, 0.4) is 0 Å². The fourth-order valence-electron chi connectivity index (χ4n) is 1.81. The van der Waals surface area contributed by atoms with Crippen molar-refractivity contribution in [1.82, 2.24) is 5.32 Å². The average Bonchev–Trinajstić information content (AvgIpc) is 3.11. The molecule has 0 unspecified atom stereocenters. The number of carbonyl (C=O) groups excluding carboxylic acids is 1. The minimum atomic E-state index is -0.357. The van der Waals surface area contributed by atoms with Crippen LogP contribution in [0.5, 0.6) is 0 Å². The number of rotatable bonds is 6. The molecule has 1 aromatic rings. The summed E-state index contributed by atoms with van der Waals surface area (Å²) in [4.78, 5) is 11.6. The zero-order valence-corrected chi connectivity index (χ0v) is 11.3. The number of nitrogens with one attached hydrogen (secondary N) is 3. The topological polar surface area (TPSA) is 53.2 Å². The van der Waals surface area contributed by atoms with Crippen LogP contribution in [0.25, 0.3) is 0 Å². The molecule has 0 spiro atoms. The predicted octanol–water partition coefficient (Wildman–Crippen LogP) is 2.34. The van der Waals surface area contributed by atoms with Gasteiger partial charge in [0, 0.05) is 12.1 Å². The lowest BCUT2D eigenvalue weighted by atomic mass is 10.2. The lowest BCUT2D eigenvalue weighted by Gasteiger charge is -2.16. The molecule has 0 radical (unpaired) electrons. The van der Waals surface area contributed by atoms with E-state index in [1.165, 1.54) is 6.07 Å². The Morgan fingerprint density at radius 3 is 2.79 bits per heavy atom. The van der Waals surface area contributed by atoms with Gasteiger partial charge in [0.25, 0.3) is 0 Å². The van der Waals surface area contributed by atoms with E-state index in [9.17, 15) is 9.18 Å². The number of hydrogen-bond donors (Lipinski definition) is 3. The maximum atomic E-state index is 13.8. The predicted molar refractivity (Wildman–Crippen MR) is 74.8 cm³/mol. The Balaban J connectivity index is 1.98. The van der Waals surface area contributed by atoms with Gasteiger partial charge in [0.15, 0.2) is 0 Å². The molecule has 0 bridgehead atoms. The van der Waals surface area contributed by atoms with Crippen LogP contribution >= 0.6 is 0 Å². The van der Waals surface area contributed by atoms with Crippen molar-refractivity contribution in [2.75, 3.05) is 17.2 Å². The van der Waals surface area contributed by atoms with Crippen molar-refractivity contribution in [2.24, 2.45) is 0 Å². The van der Waals surface area contributed by atoms with E-state index in [4.69, 9.17) is 0 Å². The van der Waals surface area contributed by atoms with Crippen molar-refractivity contribution in [1.29, 1.82) is 0 Å². The van der Waals surface area contributed by atoms with Gasteiger partial charge in [-0.3, -0.25) is 4.79 Å². The van der Waals surface area contributed by atoms with Crippen LogP contribution in [-0.2, 0) is 4.79 Å². The van der Waals surface area contributed by atoms with Gasteiger partial charge >= 0.3 is 0 Å². The molecular weight excluding hydrogens is 245 g/mol. The molecule has 1 fully saturated rings. The lowest BCUT2D eigenvalue weighted by Crippen LogP contribution is -2.31. The van der Waals surface area contributed by atoms with Crippen molar-refractivity contribution in [3.8, 4) is 0 Å². The summed E-state index contributed by atoms with van der Waals surface area (Å²) in [6, 6.07) is 5.35. The summed E-state index contributed by atoms with van der Waals surface area (Å²) in [7, 11) is 0. The maximum Gasteiger partial charge on any atom is 0.239 e. The van der Waals surface area contributed by atoms with E-state index < -0.39 is 0 Å². The molecule has 19 heavy (non-hydrogen) atoms. The summed E-state index contributed by atoms with van der Waals surface area (Å²) in [6.07, 6.45) is 2.09. The van der Waals surface area contributed by atoms with Crippen LogP contribution in [0.15, 0.2) is 18.2 Å². The van der Waals surface area contributed by atoms with E-state index in [0.29, 0.717) is 17.4 Å². The Morgan fingerprint density at radius 1 is 1.42 bits per heavy atom. The van der Waals surface area contributed by atoms with E-state index in [2.05, 4.69) is 16.0 Å². The van der Waals surface area contributed by atoms with Crippen LogP contribution < -0.4 is 16.0 Å². The largest absolute Gasteiger partial charge is 0.381 e. The monoisotopic (exact) mass is 265 g/mol. The van der Waals surface area contributed by atoms with Crippen LogP contribution in [0.2, 0.25) is 0 Å². The smallest absolute Gasteiger partial charge is 0.239 e. The average molecular weight is 265 g/mol.